The van der Waals surface area contributed by atoms with Gasteiger partial charge in [0.2, 0.25) is 11.8 Å². The maximum Gasteiger partial charge on any atom is 0.264 e. The van der Waals surface area contributed by atoms with Crippen molar-refractivity contribution < 1.29 is 18.0 Å². The lowest BCUT2D eigenvalue weighted by atomic mass is 10.1. The molecule has 0 aliphatic heterocycles. The van der Waals surface area contributed by atoms with Crippen molar-refractivity contribution in [1.82, 2.24) is 10.2 Å². The van der Waals surface area contributed by atoms with Gasteiger partial charge in [-0.1, -0.05) is 66.5 Å². The number of anilines is 1. The van der Waals surface area contributed by atoms with Gasteiger partial charge in [-0.25, -0.2) is 8.42 Å². The van der Waals surface area contributed by atoms with Crippen LogP contribution in [0.25, 0.3) is 0 Å². The van der Waals surface area contributed by atoms with Crippen molar-refractivity contribution >= 4 is 50.7 Å². The summed E-state index contributed by atoms with van der Waals surface area (Å²) in [6.07, 6.45) is 0.311. The number of amides is 2. The molecule has 1 N–H and O–H groups in total. The van der Waals surface area contributed by atoms with Crippen LogP contribution in [0.4, 0.5) is 5.69 Å². The van der Waals surface area contributed by atoms with Crippen LogP contribution in [-0.4, -0.2) is 44.8 Å². The van der Waals surface area contributed by atoms with Crippen molar-refractivity contribution in [2.24, 2.45) is 0 Å². The Morgan fingerprint density at radius 1 is 0.974 bits per heavy atom. The van der Waals surface area contributed by atoms with E-state index in [2.05, 4.69) is 5.32 Å². The van der Waals surface area contributed by atoms with E-state index in [4.69, 9.17) is 23.2 Å². The third-order valence-electron chi connectivity index (χ3n) is 6.23. The Morgan fingerprint density at radius 3 is 2.26 bits per heavy atom. The fraction of sp³-hybridized carbons (Fsp3) is 0.286. The monoisotopic (exact) mass is 575 g/mol. The van der Waals surface area contributed by atoms with Gasteiger partial charge in [0.05, 0.1) is 10.6 Å². The van der Waals surface area contributed by atoms with Gasteiger partial charge in [-0.15, -0.1) is 0 Å². The lowest BCUT2D eigenvalue weighted by Crippen LogP contribution is -2.51. The number of likely N-dealkylation sites (N-methyl/N-ethyl adjacent to an activating group) is 1. The molecule has 1 atom stereocenters. The number of sulfonamides is 1. The van der Waals surface area contributed by atoms with Crippen molar-refractivity contribution in [1.29, 1.82) is 0 Å². The molecule has 2 amide bonds. The SMILES string of the molecule is CCC(C(=O)NC)N(Cc1ccc(Cl)cc1Cl)C(=O)CN(c1cc(C)ccc1C)S(=O)(=O)c1ccccc1. The summed E-state index contributed by atoms with van der Waals surface area (Å²) < 4.78 is 28.9. The van der Waals surface area contributed by atoms with E-state index in [9.17, 15) is 18.0 Å². The van der Waals surface area contributed by atoms with Gasteiger partial charge in [0.15, 0.2) is 0 Å². The van der Waals surface area contributed by atoms with Gasteiger partial charge >= 0.3 is 0 Å². The van der Waals surface area contributed by atoms with E-state index in [0.29, 0.717) is 33.3 Å². The number of carbonyl (C=O) groups is 2. The predicted octanol–water partition coefficient (Wildman–Crippen LogP) is 5.36. The Hall–Kier alpha value is -3.07. The van der Waals surface area contributed by atoms with Crippen molar-refractivity contribution in [3.8, 4) is 0 Å². The molecular formula is C28H31Cl2N3O4S. The Bertz CT molecular complexity index is 1410. The number of hydrogen-bond donors (Lipinski definition) is 1. The first-order valence-electron chi connectivity index (χ1n) is 12.1. The van der Waals surface area contributed by atoms with Crippen LogP contribution in [0.15, 0.2) is 71.6 Å². The van der Waals surface area contributed by atoms with Crippen LogP contribution in [0.2, 0.25) is 10.0 Å². The first-order chi connectivity index (χ1) is 18.0. The largest absolute Gasteiger partial charge is 0.357 e. The van der Waals surface area contributed by atoms with Crippen LogP contribution in [0.5, 0.6) is 0 Å². The summed E-state index contributed by atoms with van der Waals surface area (Å²) in [6.45, 7) is 4.91. The number of carbonyl (C=O) groups excluding carboxylic acids is 2. The Labute approximate surface area is 234 Å². The zero-order chi connectivity index (χ0) is 28.0. The maximum absolute atomic E-state index is 14.0. The summed E-state index contributed by atoms with van der Waals surface area (Å²) in [5, 5.41) is 3.37. The van der Waals surface area contributed by atoms with Gasteiger partial charge in [-0.2, -0.15) is 0 Å². The summed E-state index contributed by atoms with van der Waals surface area (Å²) in [5.41, 5.74) is 2.50. The van der Waals surface area contributed by atoms with E-state index < -0.39 is 28.5 Å². The van der Waals surface area contributed by atoms with Gasteiger partial charge in [0.1, 0.15) is 12.6 Å². The second-order valence-electron chi connectivity index (χ2n) is 8.91. The van der Waals surface area contributed by atoms with E-state index in [1.165, 1.54) is 24.1 Å². The van der Waals surface area contributed by atoms with E-state index in [-0.39, 0.29) is 17.3 Å². The smallest absolute Gasteiger partial charge is 0.264 e. The molecule has 3 aromatic rings. The number of benzene rings is 3. The maximum atomic E-state index is 14.0. The number of nitrogens with one attached hydrogen (secondary N) is 1. The minimum absolute atomic E-state index is 0.00716. The molecule has 202 valence electrons. The van der Waals surface area contributed by atoms with Crippen LogP contribution in [-0.2, 0) is 26.2 Å². The molecule has 38 heavy (non-hydrogen) atoms. The summed E-state index contributed by atoms with van der Waals surface area (Å²) in [4.78, 5) is 28.2. The van der Waals surface area contributed by atoms with Crippen molar-refractivity contribution in [3.63, 3.8) is 0 Å². The molecule has 0 bridgehead atoms. The van der Waals surface area contributed by atoms with Crippen LogP contribution < -0.4 is 9.62 Å². The molecule has 0 aliphatic rings. The number of rotatable bonds is 10. The van der Waals surface area contributed by atoms with Crippen molar-refractivity contribution in [3.05, 3.63) is 93.5 Å². The minimum atomic E-state index is -4.13. The van der Waals surface area contributed by atoms with Gasteiger partial charge in [0, 0.05) is 23.6 Å². The molecule has 0 aliphatic carbocycles. The lowest BCUT2D eigenvalue weighted by molar-refractivity contribution is -0.140. The molecular weight excluding hydrogens is 545 g/mol. The van der Waals surface area contributed by atoms with Gasteiger partial charge in [-0.05, 0) is 67.3 Å². The van der Waals surface area contributed by atoms with Gasteiger partial charge in [0.25, 0.3) is 10.0 Å². The van der Waals surface area contributed by atoms with Gasteiger partial charge in [-0.3, -0.25) is 13.9 Å². The van der Waals surface area contributed by atoms with E-state index in [0.717, 1.165) is 9.87 Å². The molecule has 0 aromatic heterocycles. The third-order valence-corrected chi connectivity index (χ3v) is 8.59. The molecule has 3 aromatic carbocycles. The Kier molecular flexibility index (Phi) is 9.82. The summed E-state index contributed by atoms with van der Waals surface area (Å²) in [5.74, 6) is -0.915. The zero-order valence-corrected chi connectivity index (χ0v) is 24.1. The quantitative estimate of drug-likeness (QED) is 0.352. The average Bonchev–Trinajstić information content (AvgIpc) is 2.90. The first kappa shape index (κ1) is 29.5. The highest BCUT2D eigenvalue weighted by Gasteiger charge is 2.34. The number of nitrogens with zero attached hydrogens (tertiary/aromatic N) is 2. The summed E-state index contributed by atoms with van der Waals surface area (Å²) >= 11 is 12.5. The molecule has 0 saturated carbocycles. The average molecular weight is 577 g/mol. The van der Waals surface area contributed by atoms with Crippen LogP contribution in [0.3, 0.4) is 0 Å². The fourth-order valence-electron chi connectivity index (χ4n) is 4.14. The predicted molar refractivity (Wildman–Crippen MR) is 152 cm³/mol. The summed E-state index contributed by atoms with van der Waals surface area (Å²) in [6, 6.07) is 17.4. The molecule has 3 rings (SSSR count). The van der Waals surface area contributed by atoms with E-state index in [1.54, 1.807) is 56.3 Å². The number of halogens is 2. The van der Waals surface area contributed by atoms with E-state index in [1.807, 2.05) is 19.1 Å². The van der Waals surface area contributed by atoms with Gasteiger partial charge < -0.3 is 10.2 Å². The molecule has 0 radical (unpaired) electrons. The Morgan fingerprint density at radius 2 is 1.66 bits per heavy atom. The third kappa shape index (κ3) is 6.67. The molecule has 0 spiro atoms. The highest BCUT2D eigenvalue weighted by Crippen LogP contribution is 2.29. The van der Waals surface area contributed by atoms with Crippen molar-refractivity contribution in [2.45, 2.75) is 44.7 Å². The topological polar surface area (TPSA) is 86.8 Å². The Balaban J connectivity index is 2.11. The fourth-order valence-corrected chi connectivity index (χ4v) is 6.10. The standard InChI is InChI=1S/C28H31Cl2N3O4S/c1-5-25(28(35)31-4)32(17-21-13-14-22(29)16-24(21)30)27(34)18-33(26-15-19(2)11-12-20(26)3)38(36,37)23-9-7-6-8-10-23/h6-16,25H,5,17-18H2,1-4H3,(H,31,35). The van der Waals surface area contributed by atoms with E-state index >= 15 is 0 Å². The molecule has 10 heteroatoms. The molecule has 1 unspecified atom stereocenters. The van der Waals surface area contributed by atoms with Crippen molar-refractivity contribution in [2.75, 3.05) is 17.9 Å². The normalized spacial score (nSPS) is 12.1. The van der Waals surface area contributed by atoms with Crippen LogP contribution in [0, 0.1) is 13.8 Å². The lowest BCUT2D eigenvalue weighted by Gasteiger charge is -2.33. The molecule has 0 fully saturated rings. The zero-order valence-electron chi connectivity index (χ0n) is 21.7. The summed E-state index contributed by atoms with van der Waals surface area (Å²) in [7, 11) is -2.63. The molecule has 0 heterocycles. The van der Waals surface area contributed by atoms with Crippen LogP contribution in [0.1, 0.15) is 30.0 Å². The highest BCUT2D eigenvalue weighted by molar-refractivity contribution is 7.92. The molecule has 7 nitrogen and oxygen atoms in total. The second kappa shape index (κ2) is 12.7. The number of aryl methyl sites for hydroxylation is 2. The van der Waals surface area contributed by atoms with Crippen LogP contribution >= 0.6 is 23.2 Å². The molecule has 0 saturated heterocycles. The number of hydrogen-bond acceptors (Lipinski definition) is 4. The highest BCUT2D eigenvalue weighted by atomic mass is 35.5. The first-order valence-corrected chi connectivity index (χ1v) is 14.3. The second-order valence-corrected chi connectivity index (χ2v) is 11.6. The minimum Gasteiger partial charge on any atom is -0.357 e.